The molecule has 0 aromatic rings. The predicted molar refractivity (Wildman–Crippen MR) is 86.9 cm³/mol. The van der Waals surface area contributed by atoms with Crippen molar-refractivity contribution in [2.24, 2.45) is 0 Å². The second kappa shape index (κ2) is 15.0. The maximum absolute atomic E-state index is 9.92. The molecule has 1 aliphatic rings. The van der Waals surface area contributed by atoms with Crippen LogP contribution in [-0.4, -0.2) is 11.9 Å². The van der Waals surface area contributed by atoms with E-state index in [1.54, 1.807) is 0 Å². The Morgan fingerprint density at radius 1 is 0.857 bits per heavy atom. The molecular formula is C18H30O3. The van der Waals surface area contributed by atoms with Crippen molar-refractivity contribution in [2.45, 2.75) is 77.6 Å². The second-order valence-corrected chi connectivity index (χ2v) is 5.33. The van der Waals surface area contributed by atoms with E-state index in [-0.39, 0.29) is 0 Å². The third kappa shape index (κ3) is 14.8. The summed E-state index contributed by atoms with van der Waals surface area (Å²) in [5.74, 6) is -1.16. The van der Waals surface area contributed by atoms with E-state index >= 15 is 0 Å². The van der Waals surface area contributed by atoms with Gasteiger partial charge in [0.2, 0.25) is 0 Å². The molecule has 0 amide bonds. The number of cyclic esters (lactones) is 2. The predicted octanol–water partition coefficient (Wildman–Crippen LogP) is 5.11. The number of allylic oxidation sites excluding steroid dienone is 1. The van der Waals surface area contributed by atoms with E-state index in [1.165, 1.54) is 70.6 Å². The molecule has 0 saturated carbocycles. The Morgan fingerprint density at radius 3 is 1.62 bits per heavy atom. The molecule has 0 aromatic heterocycles. The Labute approximate surface area is 129 Å². The van der Waals surface area contributed by atoms with E-state index in [9.17, 15) is 9.59 Å². The number of unbranched alkanes of at least 4 members (excludes halogenated alkanes) is 10. The molecule has 0 bridgehead atoms. The molecule has 0 unspecified atom stereocenters. The molecule has 0 fully saturated rings. The molecule has 0 aromatic carbocycles. The first kappa shape index (κ1) is 19.6. The van der Waals surface area contributed by atoms with E-state index in [1.807, 2.05) is 6.08 Å². The van der Waals surface area contributed by atoms with Gasteiger partial charge in [-0.3, -0.25) is 0 Å². The van der Waals surface area contributed by atoms with Gasteiger partial charge in [-0.25, -0.2) is 9.59 Å². The van der Waals surface area contributed by atoms with Crippen molar-refractivity contribution in [3.05, 3.63) is 24.8 Å². The molecule has 0 radical (unpaired) electrons. The van der Waals surface area contributed by atoms with Crippen LogP contribution in [0.1, 0.15) is 77.6 Å². The maximum Gasteiger partial charge on any atom is 0.338 e. The molecule has 0 saturated heterocycles. The molecule has 0 N–H and O–H groups in total. The Kier molecular flexibility index (Phi) is 14.0. The summed E-state index contributed by atoms with van der Waals surface area (Å²) in [7, 11) is 0. The van der Waals surface area contributed by atoms with Gasteiger partial charge in [0, 0.05) is 12.2 Å². The zero-order valence-electron chi connectivity index (χ0n) is 13.4. The van der Waals surface area contributed by atoms with Crippen LogP contribution >= 0.6 is 0 Å². The van der Waals surface area contributed by atoms with E-state index in [2.05, 4.69) is 18.2 Å². The normalized spacial score (nSPS) is 12.8. The van der Waals surface area contributed by atoms with Gasteiger partial charge in [0.15, 0.2) is 0 Å². The van der Waals surface area contributed by atoms with Crippen LogP contribution in [0, 0.1) is 0 Å². The summed E-state index contributed by atoms with van der Waals surface area (Å²) in [5, 5.41) is 0. The van der Waals surface area contributed by atoms with Crippen molar-refractivity contribution in [1.29, 1.82) is 0 Å². The second-order valence-electron chi connectivity index (χ2n) is 5.33. The third-order valence-electron chi connectivity index (χ3n) is 3.32. The van der Waals surface area contributed by atoms with Gasteiger partial charge in [-0.05, 0) is 12.8 Å². The lowest BCUT2D eigenvalue weighted by atomic mass is 10.1. The first-order valence-corrected chi connectivity index (χ1v) is 8.25. The standard InChI is InChI=1S/C14H28.C4H2O3/c1-3-5-7-9-11-13-14-12-10-8-6-4-2;5-3-1-2-4(6)7-3/h3H,1,4-14H2,2H3;1-2H. The van der Waals surface area contributed by atoms with Gasteiger partial charge in [0.1, 0.15) is 0 Å². The minimum atomic E-state index is -0.579. The summed E-state index contributed by atoms with van der Waals surface area (Å²) >= 11 is 0. The lowest BCUT2D eigenvalue weighted by Gasteiger charge is -2.00. The monoisotopic (exact) mass is 294 g/mol. The summed E-state index contributed by atoms with van der Waals surface area (Å²) < 4.78 is 3.97. The number of carbonyl (C=O) groups is 2. The van der Waals surface area contributed by atoms with Gasteiger partial charge < -0.3 is 4.74 Å². The highest BCUT2D eigenvalue weighted by molar-refractivity contribution is 6.04. The highest BCUT2D eigenvalue weighted by Crippen LogP contribution is 2.11. The quantitative estimate of drug-likeness (QED) is 0.230. The number of esters is 2. The minimum absolute atomic E-state index is 0.579. The molecule has 3 heteroatoms. The minimum Gasteiger partial charge on any atom is -0.387 e. The van der Waals surface area contributed by atoms with Crippen LogP contribution in [0.5, 0.6) is 0 Å². The number of hydrogen-bond acceptors (Lipinski definition) is 3. The van der Waals surface area contributed by atoms with Gasteiger partial charge in [-0.15, -0.1) is 6.58 Å². The van der Waals surface area contributed by atoms with E-state index in [4.69, 9.17) is 0 Å². The lowest BCUT2D eigenvalue weighted by molar-refractivity contribution is -0.150. The van der Waals surface area contributed by atoms with Crippen LogP contribution in [0.2, 0.25) is 0 Å². The molecule has 0 aliphatic carbocycles. The Bertz CT molecular complexity index is 302. The van der Waals surface area contributed by atoms with E-state index < -0.39 is 11.9 Å². The largest absolute Gasteiger partial charge is 0.387 e. The summed E-state index contributed by atoms with van der Waals surface area (Å²) in [4.78, 5) is 19.8. The number of carbonyl (C=O) groups excluding carboxylic acids is 2. The van der Waals surface area contributed by atoms with Gasteiger partial charge in [-0.1, -0.05) is 70.8 Å². The molecule has 120 valence electrons. The Hall–Kier alpha value is -1.38. The lowest BCUT2D eigenvalue weighted by Crippen LogP contribution is -1.96. The molecule has 3 nitrogen and oxygen atoms in total. The molecular weight excluding hydrogens is 264 g/mol. The molecule has 1 heterocycles. The topological polar surface area (TPSA) is 43.4 Å². The number of rotatable bonds is 11. The van der Waals surface area contributed by atoms with Crippen molar-refractivity contribution in [3.63, 3.8) is 0 Å². The fraction of sp³-hybridized carbons (Fsp3) is 0.667. The van der Waals surface area contributed by atoms with Gasteiger partial charge in [-0.2, -0.15) is 0 Å². The van der Waals surface area contributed by atoms with Crippen LogP contribution < -0.4 is 0 Å². The van der Waals surface area contributed by atoms with Crippen LogP contribution in [0.25, 0.3) is 0 Å². The van der Waals surface area contributed by atoms with Crippen molar-refractivity contribution >= 4 is 11.9 Å². The van der Waals surface area contributed by atoms with Gasteiger partial charge >= 0.3 is 11.9 Å². The van der Waals surface area contributed by atoms with Crippen molar-refractivity contribution in [2.75, 3.05) is 0 Å². The zero-order chi connectivity index (χ0) is 15.8. The number of hydrogen-bond donors (Lipinski definition) is 0. The summed E-state index contributed by atoms with van der Waals surface area (Å²) in [5.41, 5.74) is 0. The van der Waals surface area contributed by atoms with Crippen LogP contribution in [0.4, 0.5) is 0 Å². The average molecular weight is 294 g/mol. The SMILES string of the molecule is C=CCCCCCCCCCCCC.O=C1C=CC(=O)O1. The zero-order valence-corrected chi connectivity index (χ0v) is 13.4. The Morgan fingerprint density at radius 2 is 1.29 bits per heavy atom. The van der Waals surface area contributed by atoms with Crippen LogP contribution in [0.3, 0.4) is 0 Å². The third-order valence-corrected chi connectivity index (χ3v) is 3.32. The highest BCUT2D eigenvalue weighted by atomic mass is 16.6. The smallest absolute Gasteiger partial charge is 0.338 e. The van der Waals surface area contributed by atoms with Gasteiger partial charge in [0.25, 0.3) is 0 Å². The number of ether oxygens (including phenoxy) is 1. The fourth-order valence-corrected chi connectivity index (χ4v) is 2.08. The molecule has 21 heavy (non-hydrogen) atoms. The summed E-state index contributed by atoms with van der Waals surface area (Å²) in [6.45, 7) is 6.01. The van der Waals surface area contributed by atoms with Crippen molar-refractivity contribution in [3.8, 4) is 0 Å². The fourth-order valence-electron chi connectivity index (χ4n) is 2.08. The molecule has 0 spiro atoms. The average Bonchev–Trinajstić information content (AvgIpc) is 2.85. The first-order valence-electron chi connectivity index (χ1n) is 8.25. The molecule has 0 atom stereocenters. The van der Waals surface area contributed by atoms with E-state index in [0.29, 0.717) is 0 Å². The highest BCUT2D eigenvalue weighted by Gasteiger charge is 2.10. The van der Waals surface area contributed by atoms with Crippen LogP contribution in [0.15, 0.2) is 24.8 Å². The molecule has 1 rings (SSSR count). The summed E-state index contributed by atoms with van der Waals surface area (Å²) in [6.07, 6.45) is 19.7. The Balaban J connectivity index is 0.000000471. The van der Waals surface area contributed by atoms with E-state index in [0.717, 1.165) is 12.2 Å². The van der Waals surface area contributed by atoms with Gasteiger partial charge in [0.05, 0.1) is 0 Å². The van der Waals surface area contributed by atoms with Crippen LogP contribution in [-0.2, 0) is 14.3 Å². The van der Waals surface area contributed by atoms with Crippen molar-refractivity contribution in [1.82, 2.24) is 0 Å². The maximum atomic E-state index is 9.92. The van der Waals surface area contributed by atoms with Crippen molar-refractivity contribution < 1.29 is 14.3 Å². The molecule has 1 aliphatic heterocycles. The first-order chi connectivity index (χ1) is 10.2. The summed E-state index contributed by atoms with van der Waals surface area (Å²) in [6, 6.07) is 0.